The van der Waals surface area contributed by atoms with Gasteiger partial charge in [-0.05, 0) is 31.5 Å². The maximum absolute atomic E-state index is 14.1. The Labute approximate surface area is 149 Å². The minimum atomic E-state index is -6.31. The second-order valence-electron chi connectivity index (χ2n) is 5.39. The molecule has 152 valence electrons. The van der Waals surface area contributed by atoms with Gasteiger partial charge in [0.15, 0.2) is 0 Å². The molecule has 0 saturated carbocycles. The lowest BCUT2D eigenvalue weighted by molar-refractivity contribution is -0.390. The number of hydrogen-bond donors (Lipinski definition) is 3. The van der Waals surface area contributed by atoms with Crippen molar-refractivity contribution in [1.29, 1.82) is 0 Å². The van der Waals surface area contributed by atoms with Crippen molar-refractivity contribution < 1.29 is 45.8 Å². The first-order valence-electron chi connectivity index (χ1n) is 7.34. The van der Waals surface area contributed by atoms with Crippen molar-refractivity contribution in [2.75, 3.05) is 19.0 Å². The number of alkyl halides is 6. The number of carbonyl (C=O) groups excluding carboxylic acids is 2. The zero-order valence-corrected chi connectivity index (χ0v) is 14.3. The zero-order valence-electron chi connectivity index (χ0n) is 14.3. The molecule has 2 amide bonds. The van der Waals surface area contributed by atoms with Crippen molar-refractivity contribution in [2.24, 2.45) is 0 Å². The highest BCUT2D eigenvalue weighted by Crippen LogP contribution is 2.49. The first-order valence-corrected chi connectivity index (χ1v) is 7.34. The number of aryl methyl sites for hydroxylation is 1. The molecule has 0 saturated heterocycles. The summed E-state index contributed by atoms with van der Waals surface area (Å²) < 4.78 is 83.6. The van der Waals surface area contributed by atoms with E-state index in [4.69, 9.17) is 5.11 Å². The summed E-state index contributed by atoms with van der Waals surface area (Å²) in [6.07, 6.45) is -6.31. The molecule has 1 unspecified atom stereocenters. The number of hydrogen-bond acceptors (Lipinski definition) is 4. The van der Waals surface area contributed by atoms with Gasteiger partial charge in [-0.2, -0.15) is 26.3 Å². The van der Waals surface area contributed by atoms with E-state index >= 15 is 0 Å². The second-order valence-corrected chi connectivity index (χ2v) is 5.39. The normalized spacial score (nSPS) is 14.3. The minimum absolute atomic E-state index is 0.176. The van der Waals surface area contributed by atoms with Gasteiger partial charge in [0.05, 0.1) is 18.4 Å². The summed E-state index contributed by atoms with van der Waals surface area (Å²) in [5, 5.41) is 13.2. The number of anilines is 1. The van der Waals surface area contributed by atoms with Gasteiger partial charge >= 0.3 is 30.0 Å². The van der Waals surface area contributed by atoms with E-state index in [1.54, 1.807) is 6.92 Å². The van der Waals surface area contributed by atoms with Crippen LogP contribution in [-0.4, -0.2) is 42.8 Å². The summed E-state index contributed by atoms with van der Waals surface area (Å²) in [7, 11) is 0.861. The number of urea groups is 1. The summed E-state index contributed by atoms with van der Waals surface area (Å²) in [5.74, 6) is -12.6. The third-order valence-corrected chi connectivity index (χ3v) is 3.47. The molecule has 0 heterocycles. The summed E-state index contributed by atoms with van der Waals surface area (Å²) in [5.41, 5.74) is -3.01. The van der Waals surface area contributed by atoms with Crippen LogP contribution in [0.4, 0.5) is 36.8 Å². The molecule has 1 atom stereocenters. The van der Waals surface area contributed by atoms with Crippen molar-refractivity contribution in [3.63, 3.8) is 0 Å². The predicted octanol–water partition coefficient (Wildman–Crippen LogP) is 3.24. The number of carbonyl (C=O) groups is 2. The molecular formula is C15H16F6N2O4. The highest BCUT2D eigenvalue weighted by molar-refractivity contribution is 6.02. The number of nitrogens with one attached hydrogen (secondary N) is 2. The van der Waals surface area contributed by atoms with E-state index in [2.05, 4.69) is 15.4 Å². The van der Waals surface area contributed by atoms with Gasteiger partial charge in [0, 0.05) is 12.1 Å². The van der Waals surface area contributed by atoms with Gasteiger partial charge in [0.2, 0.25) is 0 Å². The summed E-state index contributed by atoms with van der Waals surface area (Å²) >= 11 is 0. The molecule has 0 aliphatic rings. The van der Waals surface area contributed by atoms with Crippen LogP contribution in [0.1, 0.15) is 28.4 Å². The highest BCUT2D eigenvalue weighted by Gasteiger charge is 2.71. The lowest BCUT2D eigenvalue weighted by Crippen LogP contribution is -2.53. The average Bonchev–Trinajstić information content (AvgIpc) is 2.54. The molecule has 27 heavy (non-hydrogen) atoms. The van der Waals surface area contributed by atoms with Crippen LogP contribution >= 0.6 is 0 Å². The van der Waals surface area contributed by atoms with Crippen LogP contribution in [0.3, 0.4) is 0 Å². The molecule has 3 N–H and O–H groups in total. The smallest absolute Gasteiger partial charge is 0.455 e. The number of amides is 2. The Kier molecular flexibility index (Phi) is 6.37. The van der Waals surface area contributed by atoms with Gasteiger partial charge in [0.1, 0.15) is 0 Å². The van der Waals surface area contributed by atoms with Crippen LogP contribution < -0.4 is 10.6 Å². The maximum Gasteiger partial charge on any atom is 0.455 e. The summed E-state index contributed by atoms with van der Waals surface area (Å²) in [6, 6.07) is -0.219. The number of methoxy groups -OCH3 is 1. The van der Waals surface area contributed by atoms with Gasteiger partial charge in [-0.3, -0.25) is 0 Å². The fourth-order valence-electron chi connectivity index (χ4n) is 2.09. The number of esters is 1. The van der Waals surface area contributed by atoms with Gasteiger partial charge in [0.25, 0.3) is 0 Å². The van der Waals surface area contributed by atoms with Gasteiger partial charge in [-0.25, -0.2) is 9.59 Å². The SMILES string of the molecule is CCNC(=O)Nc1c(C)cc(C(F)(F)C(O)(F)C(F)(F)F)cc1C(=O)OC. The molecule has 0 aliphatic carbocycles. The van der Waals surface area contributed by atoms with Crippen LogP contribution in [0.15, 0.2) is 12.1 Å². The molecule has 0 spiro atoms. The molecule has 6 nitrogen and oxygen atoms in total. The van der Waals surface area contributed by atoms with Gasteiger partial charge < -0.3 is 20.5 Å². The maximum atomic E-state index is 14.1. The van der Waals surface area contributed by atoms with E-state index in [1.165, 1.54) is 0 Å². The van der Waals surface area contributed by atoms with Crippen molar-refractivity contribution >= 4 is 17.7 Å². The summed E-state index contributed by atoms with van der Waals surface area (Å²) in [4.78, 5) is 23.5. The average molecular weight is 402 g/mol. The van der Waals surface area contributed by atoms with Crippen molar-refractivity contribution in [1.82, 2.24) is 5.32 Å². The van der Waals surface area contributed by atoms with Crippen LogP contribution in [-0.2, 0) is 10.7 Å². The molecule has 1 aromatic rings. The van der Waals surface area contributed by atoms with Gasteiger partial charge in [-0.1, -0.05) is 0 Å². The van der Waals surface area contributed by atoms with E-state index in [0.717, 1.165) is 14.0 Å². The number of aliphatic hydroxyl groups is 1. The Morgan fingerprint density at radius 3 is 2.15 bits per heavy atom. The molecule has 0 radical (unpaired) electrons. The largest absolute Gasteiger partial charge is 0.465 e. The van der Waals surface area contributed by atoms with E-state index in [-0.39, 0.29) is 23.9 Å². The molecule has 0 aromatic heterocycles. The van der Waals surface area contributed by atoms with E-state index in [1.807, 2.05) is 0 Å². The standard InChI is InChI=1S/C15H16F6N2O4/c1-4-22-12(25)23-10-7(2)5-8(6-9(10)11(24)27-3)13(16,17)14(18,26)15(19,20)21/h5-6,26H,4H2,1-3H3,(H2,22,23,25). The van der Waals surface area contributed by atoms with Gasteiger partial charge in [-0.15, -0.1) is 0 Å². The molecule has 0 bridgehead atoms. The first-order chi connectivity index (χ1) is 12.2. The van der Waals surface area contributed by atoms with E-state index in [0.29, 0.717) is 6.07 Å². The Morgan fingerprint density at radius 2 is 1.70 bits per heavy atom. The third-order valence-electron chi connectivity index (χ3n) is 3.47. The predicted molar refractivity (Wildman–Crippen MR) is 81.2 cm³/mol. The van der Waals surface area contributed by atoms with E-state index < -0.39 is 41.1 Å². The lowest BCUT2D eigenvalue weighted by Gasteiger charge is -2.31. The molecule has 0 fully saturated rings. The van der Waals surface area contributed by atoms with Crippen LogP contribution in [0.5, 0.6) is 0 Å². The minimum Gasteiger partial charge on any atom is -0.465 e. The number of rotatable bonds is 5. The Hall–Kier alpha value is -2.50. The summed E-state index contributed by atoms with van der Waals surface area (Å²) in [6.45, 7) is 2.82. The van der Waals surface area contributed by atoms with Crippen LogP contribution in [0.25, 0.3) is 0 Å². The molecule has 1 aromatic carbocycles. The monoisotopic (exact) mass is 402 g/mol. The fraction of sp³-hybridized carbons (Fsp3) is 0.467. The Bertz CT molecular complexity index is 734. The van der Waals surface area contributed by atoms with Crippen molar-refractivity contribution in [2.45, 2.75) is 31.8 Å². The topological polar surface area (TPSA) is 87.7 Å². The lowest BCUT2D eigenvalue weighted by atomic mass is 9.95. The number of benzene rings is 1. The first kappa shape index (κ1) is 22.5. The molecule has 0 aliphatic heterocycles. The van der Waals surface area contributed by atoms with Crippen molar-refractivity contribution in [3.05, 3.63) is 28.8 Å². The van der Waals surface area contributed by atoms with Crippen LogP contribution in [0, 0.1) is 6.92 Å². The second kappa shape index (κ2) is 7.62. The Morgan fingerprint density at radius 1 is 1.15 bits per heavy atom. The molecule has 12 heteroatoms. The van der Waals surface area contributed by atoms with E-state index in [9.17, 15) is 35.9 Å². The van der Waals surface area contributed by atoms with Crippen LogP contribution in [0.2, 0.25) is 0 Å². The number of halogens is 6. The molecular weight excluding hydrogens is 386 g/mol. The fourth-order valence-corrected chi connectivity index (χ4v) is 2.09. The number of ether oxygens (including phenoxy) is 1. The zero-order chi connectivity index (χ0) is 21.2. The Balaban J connectivity index is 3.59. The highest BCUT2D eigenvalue weighted by atomic mass is 19.4. The van der Waals surface area contributed by atoms with Crippen molar-refractivity contribution in [3.8, 4) is 0 Å². The quantitative estimate of drug-likeness (QED) is 0.521. The molecule has 1 rings (SSSR count). The third kappa shape index (κ3) is 4.26.